The number of rotatable bonds is 32. The molecule has 0 aliphatic carbocycles. The molecule has 0 saturated carbocycles. The van der Waals surface area contributed by atoms with E-state index < -0.39 is 102 Å². The maximum absolute atomic E-state index is 14.8. The Morgan fingerprint density at radius 2 is 0.882 bits per heavy atom. The van der Waals surface area contributed by atoms with E-state index in [4.69, 9.17) is 11.5 Å². The quantitative estimate of drug-likeness (QED) is 0.0278. The minimum Gasteiger partial charge on any atom is -0.481 e. The Morgan fingerprint density at radius 3 is 1.34 bits per heavy atom. The largest absolute Gasteiger partial charge is 0.481 e. The molecule has 0 aliphatic heterocycles. The molecular weight excluding hydrogens is 975 g/mol. The molecule has 8 amide bonds. The van der Waals surface area contributed by atoms with Gasteiger partial charge in [0.05, 0.1) is 6.42 Å². The molecule has 0 radical (unpaired) electrons. The molecule has 0 unspecified atom stereocenters. The summed E-state index contributed by atoms with van der Waals surface area (Å²) in [7, 11) is 0. The molecule has 76 heavy (non-hydrogen) atoms. The van der Waals surface area contributed by atoms with Crippen LogP contribution in [0.3, 0.4) is 0 Å². The summed E-state index contributed by atoms with van der Waals surface area (Å²) in [5.74, 6) is -7.51. The van der Waals surface area contributed by atoms with E-state index in [9.17, 15) is 48.3 Å². The molecule has 2 aromatic heterocycles. The van der Waals surface area contributed by atoms with Gasteiger partial charge in [-0.2, -0.15) is 0 Å². The first-order valence-corrected chi connectivity index (χ1v) is 26.0. The predicted molar refractivity (Wildman–Crippen MR) is 287 cm³/mol. The van der Waals surface area contributed by atoms with Crippen molar-refractivity contribution in [3.05, 3.63) is 108 Å². The minimum atomic E-state index is -1.69. The van der Waals surface area contributed by atoms with Crippen LogP contribution in [0.2, 0.25) is 0 Å². The van der Waals surface area contributed by atoms with Gasteiger partial charge in [-0.25, -0.2) is 0 Å². The van der Waals surface area contributed by atoms with E-state index in [0.29, 0.717) is 61.8 Å². The third-order valence-corrected chi connectivity index (χ3v) is 13.0. The zero-order valence-electron chi connectivity index (χ0n) is 43.4. The molecule has 408 valence electrons. The van der Waals surface area contributed by atoms with Crippen LogP contribution in [0.15, 0.2) is 91.3 Å². The highest BCUT2D eigenvalue weighted by Crippen LogP contribution is 2.22. The lowest BCUT2D eigenvalue weighted by Crippen LogP contribution is -2.61. The summed E-state index contributed by atoms with van der Waals surface area (Å²) in [5, 5.41) is 30.2. The number of hydrogen-bond donors (Lipinski definition) is 12. The standard InChI is InChI=1S/C55H73N11O10/c1-4-6-21-42(60-33(3)67)50(71)66-47(30-48(68)69)55(76)65-46(29-36-32-59-40-24-14-12-20-38(36)40)54(75)63-44(27-34-17-9-8-10-18-34)52(73)62-43(22-7-5-2)51(72)64-45(28-35-31-58-39-23-13-11-19-37(35)39)53(74)61-41(49(57)70)25-15-16-26-56/h8-14,17-20,23-24,31-32,41-47,58-59H,4-7,15-16,21-22,25-30,56H2,1-3H3,(H2,57,70)(H,60,67)(H,61,74)(H,62,73)(H,63,75)(H,64,72)(H,65,76)(H,66,71)(H,68,69)/t41-,42-,43-,44+,45-,46-,47-/m0/s1. The van der Waals surface area contributed by atoms with Gasteiger partial charge >= 0.3 is 5.97 Å². The Labute approximate surface area is 441 Å². The molecule has 14 N–H and O–H groups in total. The Hall–Kier alpha value is -8.07. The smallest absolute Gasteiger partial charge is 0.305 e. The van der Waals surface area contributed by atoms with E-state index in [1.165, 1.54) is 6.92 Å². The number of nitrogens with one attached hydrogen (secondary N) is 9. The van der Waals surface area contributed by atoms with Crippen LogP contribution in [-0.2, 0) is 62.4 Å². The average Bonchev–Trinajstić information content (AvgIpc) is 4.01. The van der Waals surface area contributed by atoms with Crippen LogP contribution in [0.1, 0.15) is 102 Å². The monoisotopic (exact) mass is 1050 g/mol. The van der Waals surface area contributed by atoms with E-state index >= 15 is 0 Å². The number of aliphatic carboxylic acids is 1. The molecule has 0 spiro atoms. The topological polar surface area (TPSA) is 342 Å². The average molecular weight is 1050 g/mol. The predicted octanol–water partition coefficient (Wildman–Crippen LogP) is 2.56. The second-order valence-electron chi connectivity index (χ2n) is 19.0. The maximum Gasteiger partial charge on any atom is 0.305 e. The van der Waals surface area contributed by atoms with Gasteiger partial charge < -0.3 is 63.8 Å². The van der Waals surface area contributed by atoms with Gasteiger partial charge in [0, 0.05) is 60.4 Å². The van der Waals surface area contributed by atoms with E-state index in [2.05, 4.69) is 47.2 Å². The van der Waals surface area contributed by atoms with Crippen molar-refractivity contribution in [2.24, 2.45) is 11.5 Å². The number of carbonyl (C=O) groups is 9. The number of carbonyl (C=O) groups excluding carboxylic acids is 8. The van der Waals surface area contributed by atoms with E-state index in [1.807, 2.05) is 56.3 Å². The van der Waals surface area contributed by atoms with Crippen molar-refractivity contribution >= 4 is 75.0 Å². The van der Waals surface area contributed by atoms with Crippen LogP contribution < -0.4 is 48.7 Å². The molecule has 0 aliphatic rings. The van der Waals surface area contributed by atoms with E-state index in [0.717, 1.165) is 21.8 Å². The lowest BCUT2D eigenvalue weighted by atomic mass is 10.00. The van der Waals surface area contributed by atoms with E-state index in [-0.39, 0.29) is 38.5 Å². The summed E-state index contributed by atoms with van der Waals surface area (Å²) in [6, 6.07) is 14.3. The highest BCUT2D eigenvalue weighted by molar-refractivity contribution is 5.99. The summed E-state index contributed by atoms with van der Waals surface area (Å²) in [5.41, 5.74) is 14.8. The Kier molecular flexibility index (Phi) is 23.0. The number of primary amides is 1. The summed E-state index contributed by atoms with van der Waals surface area (Å²) in [6.45, 7) is 5.40. The van der Waals surface area contributed by atoms with Crippen molar-refractivity contribution < 1.29 is 48.3 Å². The number of aromatic nitrogens is 2. The van der Waals surface area contributed by atoms with Gasteiger partial charge in [-0.15, -0.1) is 0 Å². The second kappa shape index (κ2) is 29.7. The molecule has 5 rings (SSSR count). The van der Waals surface area contributed by atoms with Crippen LogP contribution in [0.4, 0.5) is 0 Å². The maximum atomic E-state index is 14.8. The fourth-order valence-corrected chi connectivity index (χ4v) is 8.91. The lowest BCUT2D eigenvalue weighted by molar-refractivity contribution is -0.141. The fourth-order valence-electron chi connectivity index (χ4n) is 8.91. The molecule has 0 fully saturated rings. The molecule has 7 atom stereocenters. The number of unbranched alkanes of at least 4 members (excludes halogenated alkanes) is 3. The van der Waals surface area contributed by atoms with E-state index in [1.54, 1.807) is 48.8 Å². The zero-order chi connectivity index (χ0) is 55.1. The molecular formula is C55H73N11O10. The fraction of sp³-hybridized carbons (Fsp3) is 0.436. The van der Waals surface area contributed by atoms with Crippen LogP contribution in [-0.4, -0.2) is 117 Å². The van der Waals surface area contributed by atoms with Crippen molar-refractivity contribution in [2.75, 3.05) is 6.54 Å². The van der Waals surface area contributed by atoms with Crippen molar-refractivity contribution in [3.8, 4) is 0 Å². The Morgan fingerprint density at radius 1 is 0.487 bits per heavy atom. The molecule has 3 aromatic carbocycles. The summed E-state index contributed by atoms with van der Waals surface area (Å²) >= 11 is 0. The summed E-state index contributed by atoms with van der Waals surface area (Å²) in [6.07, 6.45) is 6.25. The molecule has 2 heterocycles. The molecule has 5 aromatic rings. The van der Waals surface area contributed by atoms with Crippen LogP contribution in [0.25, 0.3) is 21.8 Å². The van der Waals surface area contributed by atoms with Crippen LogP contribution in [0, 0.1) is 0 Å². The highest BCUT2D eigenvalue weighted by atomic mass is 16.4. The first-order valence-electron chi connectivity index (χ1n) is 26.0. The number of amides is 8. The zero-order valence-corrected chi connectivity index (χ0v) is 43.4. The van der Waals surface area contributed by atoms with Crippen molar-refractivity contribution in [3.63, 3.8) is 0 Å². The van der Waals surface area contributed by atoms with Gasteiger partial charge in [0.2, 0.25) is 47.3 Å². The number of benzene rings is 3. The second-order valence-corrected chi connectivity index (χ2v) is 19.0. The third-order valence-electron chi connectivity index (χ3n) is 13.0. The van der Waals surface area contributed by atoms with Crippen molar-refractivity contribution in [1.82, 2.24) is 47.2 Å². The summed E-state index contributed by atoms with van der Waals surface area (Å²) in [4.78, 5) is 129. The first-order chi connectivity index (χ1) is 36.5. The molecule has 0 saturated heterocycles. The SMILES string of the molecule is CCCC[C@H](NC(C)=O)C(=O)N[C@@H](CC(=O)O)C(=O)N[C@@H](Cc1c[nH]c2ccccc12)C(=O)N[C@H](Cc1ccccc1)C(=O)N[C@@H](CCCC)C(=O)N[C@@H](Cc1c[nH]c2ccccc12)C(=O)N[C@@H](CCCCN)C(N)=O. The van der Waals surface area contributed by atoms with Gasteiger partial charge in [-0.1, -0.05) is 106 Å². The minimum absolute atomic E-state index is 0.00765. The third kappa shape index (κ3) is 17.8. The van der Waals surface area contributed by atoms with Crippen molar-refractivity contribution in [1.29, 1.82) is 0 Å². The van der Waals surface area contributed by atoms with Gasteiger partial charge in [0.25, 0.3) is 0 Å². The number of nitrogens with two attached hydrogens (primary N) is 2. The number of aromatic amines is 2. The number of fused-ring (bicyclic) bond motifs is 2. The number of H-pyrrole nitrogens is 2. The lowest BCUT2D eigenvalue weighted by Gasteiger charge is -2.28. The number of carboxylic acid groups (broad SMARTS) is 1. The Bertz CT molecular complexity index is 2780. The Balaban J connectivity index is 1.46. The first kappa shape index (κ1) is 58.8. The highest BCUT2D eigenvalue weighted by Gasteiger charge is 2.35. The van der Waals surface area contributed by atoms with Crippen LogP contribution in [0.5, 0.6) is 0 Å². The molecule has 0 bridgehead atoms. The molecule has 21 heteroatoms. The van der Waals surface area contributed by atoms with Crippen LogP contribution >= 0.6 is 0 Å². The van der Waals surface area contributed by atoms with Gasteiger partial charge in [0.15, 0.2) is 0 Å². The van der Waals surface area contributed by atoms with Gasteiger partial charge in [-0.05, 0) is 67.5 Å². The number of carboxylic acids is 1. The van der Waals surface area contributed by atoms with Gasteiger partial charge in [0.1, 0.15) is 42.3 Å². The van der Waals surface area contributed by atoms with Gasteiger partial charge in [-0.3, -0.25) is 43.2 Å². The van der Waals surface area contributed by atoms with Crippen molar-refractivity contribution in [2.45, 2.75) is 147 Å². The normalized spacial score (nSPS) is 13.9. The molecule has 21 nitrogen and oxygen atoms in total. The summed E-state index contributed by atoms with van der Waals surface area (Å²) < 4.78 is 0. The number of para-hydroxylation sites is 2. The number of hydrogen-bond acceptors (Lipinski definition) is 10.